The molecule has 0 saturated heterocycles. The fourth-order valence-electron chi connectivity index (χ4n) is 4.83. The lowest BCUT2D eigenvalue weighted by molar-refractivity contribution is 0.0838. The van der Waals surface area contributed by atoms with Gasteiger partial charge in [0.25, 0.3) is 5.56 Å². The molecule has 2 aliphatic rings. The highest BCUT2D eigenvalue weighted by molar-refractivity contribution is 7.89. The molecule has 3 aromatic rings. The molecular formula is C24H27N5O5S. The molecule has 11 heteroatoms. The summed E-state index contributed by atoms with van der Waals surface area (Å²) in [4.78, 5) is 22.2. The van der Waals surface area contributed by atoms with E-state index >= 15 is 0 Å². The summed E-state index contributed by atoms with van der Waals surface area (Å²) in [5.74, 6) is 0.589. The quantitative estimate of drug-likeness (QED) is 0.588. The fourth-order valence-corrected chi connectivity index (χ4v) is 5.63. The van der Waals surface area contributed by atoms with Gasteiger partial charge in [0.05, 0.1) is 34.6 Å². The SMILES string of the molecule is COc1cc(N2CCN(C)c3cc(C4CC=NO4)c(S(N)(=O)=O)cc32)c2cc(C)c(=O)n(C)c2c1. The molecule has 3 heterocycles. The number of ether oxygens (including phenoxy) is 1. The second-order valence-corrected chi connectivity index (χ2v) is 10.4. The molecule has 184 valence electrons. The zero-order valence-corrected chi connectivity index (χ0v) is 20.8. The van der Waals surface area contributed by atoms with E-state index in [1.54, 1.807) is 37.9 Å². The second-order valence-electron chi connectivity index (χ2n) is 8.89. The maximum Gasteiger partial charge on any atom is 0.253 e. The van der Waals surface area contributed by atoms with Crippen LogP contribution in [0.4, 0.5) is 17.1 Å². The molecule has 2 aromatic carbocycles. The molecule has 1 unspecified atom stereocenters. The van der Waals surface area contributed by atoms with Gasteiger partial charge in [0, 0.05) is 68.5 Å². The van der Waals surface area contributed by atoms with Crippen LogP contribution in [0.1, 0.15) is 23.7 Å². The van der Waals surface area contributed by atoms with Crippen molar-refractivity contribution in [1.82, 2.24) is 4.57 Å². The Labute approximate surface area is 203 Å². The predicted molar refractivity (Wildman–Crippen MR) is 136 cm³/mol. The Bertz CT molecular complexity index is 1540. The third-order valence-electron chi connectivity index (χ3n) is 6.70. The average Bonchev–Trinajstić information content (AvgIpc) is 3.36. The number of nitrogens with two attached hydrogens (primary N) is 1. The molecule has 2 aliphatic heterocycles. The van der Waals surface area contributed by atoms with Gasteiger partial charge in [-0.2, -0.15) is 0 Å². The molecule has 0 fully saturated rings. The highest BCUT2D eigenvalue weighted by Gasteiger charge is 2.31. The number of nitrogens with zero attached hydrogens (tertiary/aromatic N) is 4. The number of anilines is 3. The van der Waals surface area contributed by atoms with Gasteiger partial charge in [-0.15, -0.1) is 0 Å². The Kier molecular flexibility index (Phi) is 5.48. The summed E-state index contributed by atoms with van der Waals surface area (Å²) in [5, 5.41) is 10.3. The van der Waals surface area contributed by atoms with Gasteiger partial charge in [-0.05, 0) is 25.1 Å². The molecule has 10 nitrogen and oxygen atoms in total. The van der Waals surface area contributed by atoms with E-state index in [0.29, 0.717) is 42.1 Å². The van der Waals surface area contributed by atoms with Crippen LogP contribution in [0, 0.1) is 6.92 Å². The first-order valence-corrected chi connectivity index (χ1v) is 12.7. The molecule has 1 atom stereocenters. The largest absolute Gasteiger partial charge is 0.497 e. The van der Waals surface area contributed by atoms with Crippen LogP contribution in [0.2, 0.25) is 0 Å². The summed E-state index contributed by atoms with van der Waals surface area (Å²) in [6, 6.07) is 9.03. The summed E-state index contributed by atoms with van der Waals surface area (Å²) in [6.07, 6.45) is 1.55. The molecule has 0 aliphatic carbocycles. The average molecular weight is 498 g/mol. The lowest BCUT2D eigenvalue weighted by Crippen LogP contribution is -2.37. The van der Waals surface area contributed by atoms with E-state index in [-0.39, 0.29) is 10.5 Å². The summed E-state index contributed by atoms with van der Waals surface area (Å²) in [7, 11) is 1.21. The van der Waals surface area contributed by atoms with Gasteiger partial charge in [0.15, 0.2) is 6.10 Å². The number of pyridine rings is 1. The van der Waals surface area contributed by atoms with Crippen molar-refractivity contribution in [1.29, 1.82) is 0 Å². The minimum atomic E-state index is -4.05. The van der Waals surface area contributed by atoms with E-state index in [9.17, 15) is 13.2 Å². The van der Waals surface area contributed by atoms with Crippen LogP contribution in [-0.2, 0) is 21.9 Å². The standard InChI is InChI=1S/C24H27N5O5S/c1-14-9-16-18(28(3)24(14)30)10-15(33-4)11-19(16)29-8-7-27(2)20-12-17(22-5-6-26-34-22)23(13-21(20)29)35(25,31)32/h6,9-13,22H,5,7-8H2,1-4H3,(H2,25,31,32). The topological polar surface area (TPSA) is 119 Å². The Morgan fingerprint density at radius 3 is 2.51 bits per heavy atom. The van der Waals surface area contributed by atoms with E-state index in [1.165, 1.54) is 0 Å². The van der Waals surface area contributed by atoms with Crippen molar-refractivity contribution in [2.75, 3.05) is 37.0 Å². The lowest BCUT2D eigenvalue weighted by Gasteiger charge is -2.38. The smallest absolute Gasteiger partial charge is 0.253 e. The summed E-state index contributed by atoms with van der Waals surface area (Å²) in [5.41, 5.74) is 4.05. The second kappa shape index (κ2) is 8.28. The monoisotopic (exact) mass is 497 g/mol. The third-order valence-corrected chi connectivity index (χ3v) is 7.67. The normalized spacial score (nSPS) is 17.6. The zero-order valence-electron chi connectivity index (χ0n) is 20.0. The van der Waals surface area contributed by atoms with Crippen LogP contribution >= 0.6 is 0 Å². The van der Waals surface area contributed by atoms with Crippen LogP contribution in [0.5, 0.6) is 5.75 Å². The zero-order chi connectivity index (χ0) is 25.1. The van der Waals surface area contributed by atoms with Crippen LogP contribution in [0.3, 0.4) is 0 Å². The van der Waals surface area contributed by atoms with E-state index in [0.717, 1.165) is 22.3 Å². The maximum atomic E-state index is 12.7. The van der Waals surface area contributed by atoms with Crippen molar-refractivity contribution < 1.29 is 18.0 Å². The summed E-state index contributed by atoms with van der Waals surface area (Å²) in [6.45, 7) is 3.05. The fraction of sp³-hybridized carbons (Fsp3) is 0.333. The van der Waals surface area contributed by atoms with Gasteiger partial charge in [-0.3, -0.25) is 4.79 Å². The Balaban J connectivity index is 1.79. The van der Waals surface area contributed by atoms with Crippen LogP contribution in [-0.4, -0.2) is 46.4 Å². The number of hydrogen-bond acceptors (Lipinski definition) is 8. The number of aromatic nitrogens is 1. The minimum absolute atomic E-state index is 0.00262. The molecule has 5 rings (SSSR count). The Morgan fingerprint density at radius 2 is 1.86 bits per heavy atom. The van der Waals surface area contributed by atoms with Crippen LogP contribution in [0.15, 0.2) is 45.2 Å². The lowest BCUT2D eigenvalue weighted by atomic mass is 10.0. The first-order chi connectivity index (χ1) is 16.6. The van der Waals surface area contributed by atoms with E-state index < -0.39 is 16.1 Å². The van der Waals surface area contributed by atoms with Crippen LogP contribution in [0.25, 0.3) is 10.9 Å². The van der Waals surface area contributed by atoms with Crippen molar-refractivity contribution in [2.45, 2.75) is 24.3 Å². The number of aryl methyl sites for hydroxylation is 2. The number of benzene rings is 2. The van der Waals surface area contributed by atoms with E-state index in [2.05, 4.69) is 15.0 Å². The number of primary sulfonamides is 1. The number of fused-ring (bicyclic) bond motifs is 2. The molecule has 0 spiro atoms. The van der Waals surface area contributed by atoms with Crippen molar-refractivity contribution in [3.8, 4) is 5.75 Å². The number of rotatable bonds is 4. The first-order valence-electron chi connectivity index (χ1n) is 11.2. The highest BCUT2D eigenvalue weighted by Crippen LogP contribution is 2.45. The van der Waals surface area contributed by atoms with Crippen molar-refractivity contribution in [3.63, 3.8) is 0 Å². The Morgan fingerprint density at radius 1 is 1.09 bits per heavy atom. The van der Waals surface area contributed by atoms with Crippen molar-refractivity contribution in [2.24, 2.45) is 17.3 Å². The Hall–Kier alpha value is -3.57. The van der Waals surface area contributed by atoms with E-state index in [4.69, 9.17) is 14.7 Å². The van der Waals surface area contributed by atoms with Gasteiger partial charge in [-0.25, -0.2) is 13.6 Å². The molecule has 2 N–H and O–H groups in total. The molecule has 1 aromatic heterocycles. The van der Waals surface area contributed by atoms with Gasteiger partial charge < -0.3 is 23.9 Å². The van der Waals surface area contributed by atoms with E-state index in [1.807, 2.05) is 31.3 Å². The molecule has 0 saturated carbocycles. The summed E-state index contributed by atoms with van der Waals surface area (Å²) < 4.78 is 32.5. The molecular weight excluding hydrogens is 470 g/mol. The molecule has 35 heavy (non-hydrogen) atoms. The number of sulfonamides is 1. The van der Waals surface area contributed by atoms with Crippen molar-refractivity contribution >= 4 is 44.2 Å². The maximum absolute atomic E-state index is 12.7. The van der Waals surface area contributed by atoms with Crippen molar-refractivity contribution in [3.05, 3.63) is 51.8 Å². The molecule has 0 amide bonds. The van der Waals surface area contributed by atoms with Gasteiger partial charge >= 0.3 is 0 Å². The van der Waals surface area contributed by atoms with Crippen LogP contribution < -0.4 is 25.2 Å². The van der Waals surface area contributed by atoms with Gasteiger partial charge in [0.1, 0.15) is 5.75 Å². The van der Waals surface area contributed by atoms with Gasteiger partial charge in [-0.1, -0.05) is 5.16 Å². The first kappa shape index (κ1) is 23.2. The highest BCUT2D eigenvalue weighted by atomic mass is 32.2. The number of hydrogen-bond donors (Lipinski definition) is 1. The predicted octanol–water partition coefficient (Wildman–Crippen LogP) is 2.54. The molecule has 0 radical (unpaired) electrons. The third kappa shape index (κ3) is 3.80. The number of likely N-dealkylation sites (N-methyl/N-ethyl adjacent to an activating group) is 1. The van der Waals surface area contributed by atoms with Gasteiger partial charge in [0.2, 0.25) is 10.0 Å². The minimum Gasteiger partial charge on any atom is -0.497 e. The number of oxime groups is 1. The molecule has 0 bridgehead atoms. The summed E-state index contributed by atoms with van der Waals surface area (Å²) >= 11 is 0. The number of methoxy groups -OCH3 is 1.